The first kappa shape index (κ1) is 12.2. The molecule has 0 N–H and O–H groups in total. The van der Waals surface area contributed by atoms with Crippen LogP contribution < -0.4 is 0 Å². The first-order chi connectivity index (χ1) is 7.46. The van der Waals surface area contributed by atoms with E-state index in [0.717, 1.165) is 0 Å². The predicted octanol–water partition coefficient (Wildman–Crippen LogP) is 2.03. The fourth-order valence-electron chi connectivity index (χ4n) is 1.12. The van der Waals surface area contributed by atoms with Gasteiger partial charge >= 0.3 is 6.18 Å². The topological polar surface area (TPSA) is 43.4 Å². The lowest BCUT2D eigenvalue weighted by molar-refractivity contribution is -0.183. The predicted molar refractivity (Wildman–Crippen MR) is 47.4 cm³/mol. The number of Topliss-reactive ketones (excluding diaryl/α,β-unsaturated/α-hetero) is 1. The maximum Gasteiger partial charge on any atom is 0.454 e. The molecule has 0 amide bonds. The average molecular weight is 232 g/mol. The van der Waals surface area contributed by atoms with E-state index in [4.69, 9.17) is 0 Å². The molecule has 0 aliphatic rings. The highest BCUT2D eigenvalue weighted by molar-refractivity contribution is 5.90. The summed E-state index contributed by atoms with van der Waals surface area (Å²) in [5.74, 6) is -2.11. The van der Waals surface area contributed by atoms with Crippen LogP contribution in [0.2, 0.25) is 0 Å². The summed E-state index contributed by atoms with van der Waals surface area (Å²) in [4.78, 5) is 21.0. The van der Waals surface area contributed by atoms with Crippen LogP contribution in [0.15, 0.2) is 30.3 Å². The van der Waals surface area contributed by atoms with E-state index < -0.39 is 18.1 Å². The summed E-state index contributed by atoms with van der Waals surface area (Å²) in [5, 5.41) is 0. The first-order valence-corrected chi connectivity index (χ1v) is 4.22. The molecule has 1 aromatic carbocycles. The van der Waals surface area contributed by atoms with Gasteiger partial charge in [-0.3, -0.25) is 9.59 Å². The summed E-state index contributed by atoms with van der Waals surface area (Å²) >= 11 is 0. The molecule has 0 aliphatic carbocycles. The van der Waals surface area contributed by atoms with Gasteiger partial charge in [0, 0.05) is 5.56 Å². The quantitative estimate of drug-likeness (QED) is 0.746. The molecule has 0 heterocycles. The summed E-state index contributed by atoms with van der Waals surface area (Å²) in [6.07, 6.45) is -6.97. The molecule has 86 valence electrons. The van der Waals surface area contributed by atoms with Crippen molar-refractivity contribution in [1.29, 1.82) is 0 Å². The molecule has 0 fully saturated rings. The van der Waals surface area contributed by atoms with Crippen molar-refractivity contribution >= 4 is 12.3 Å². The van der Waals surface area contributed by atoms with Crippen LogP contribution in [0.3, 0.4) is 0 Å². The van der Waals surface area contributed by atoms with Crippen LogP contribution in [-0.2, 0) is 14.3 Å². The van der Waals surface area contributed by atoms with Crippen LogP contribution in [0.25, 0.3) is 0 Å². The third-order valence-electron chi connectivity index (χ3n) is 1.81. The number of hydrogen-bond donors (Lipinski definition) is 0. The van der Waals surface area contributed by atoms with Crippen molar-refractivity contribution < 1.29 is 27.5 Å². The average Bonchev–Trinajstić information content (AvgIpc) is 2.25. The Hall–Kier alpha value is -1.85. The fraction of sp³-hybridized carbons (Fsp3) is 0.200. The van der Waals surface area contributed by atoms with Gasteiger partial charge < -0.3 is 4.74 Å². The van der Waals surface area contributed by atoms with E-state index in [1.54, 1.807) is 6.07 Å². The molecule has 0 aliphatic heterocycles. The number of ether oxygens (including phenoxy) is 1. The van der Waals surface area contributed by atoms with Gasteiger partial charge in [-0.05, 0) is 0 Å². The monoisotopic (exact) mass is 232 g/mol. The Bertz CT molecular complexity index is 373. The minimum Gasteiger partial charge on any atom is -0.451 e. The van der Waals surface area contributed by atoms with E-state index >= 15 is 0 Å². The third kappa shape index (κ3) is 2.82. The Morgan fingerprint density at radius 1 is 1.25 bits per heavy atom. The molecule has 0 saturated carbocycles. The van der Waals surface area contributed by atoms with E-state index in [1.165, 1.54) is 24.3 Å². The Balaban J connectivity index is 3.01. The zero-order valence-electron chi connectivity index (χ0n) is 7.90. The van der Waals surface area contributed by atoms with E-state index in [-0.39, 0.29) is 12.0 Å². The Morgan fingerprint density at radius 3 is 2.25 bits per heavy atom. The van der Waals surface area contributed by atoms with Gasteiger partial charge in [-0.2, -0.15) is 13.2 Å². The first-order valence-electron chi connectivity index (χ1n) is 4.22. The van der Waals surface area contributed by atoms with Crippen molar-refractivity contribution in [3.05, 3.63) is 35.9 Å². The Morgan fingerprint density at radius 2 is 1.81 bits per heavy atom. The van der Waals surface area contributed by atoms with Crippen LogP contribution in [0, 0.1) is 0 Å². The fourth-order valence-corrected chi connectivity index (χ4v) is 1.12. The number of benzene rings is 1. The smallest absolute Gasteiger partial charge is 0.451 e. The van der Waals surface area contributed by atoms with Crippen LogP contribution >= 0.6 is 0 Å². The summed E-state index contributed by atoms with van der Waals surface area (Å²) in [6.45, 7) is -0.179. The third-order valence-corrected chi connectivity index (χ3v) is 1.81. The molecule has 16 heavy (non-hydrogen) atoms. The molecule has 3 nitrogen and oxygen atoms in total. The van der Waals surface area contributed by atoms with Crippen molar-refractivity contribution in [3.63, 3.8) is 0 Å². The highest BCUT2D eigenvalue weighted by Gasteiger charge is 2.45. The van der Waals surface area contributed by atoms with Gasteiger partial charge in [0.1, 0.15) is 0 Å². The van der Waals surface area contributed by atoms with Crippen molar-refractivity contribution in [2.24, 2.45) is 0 Å². The molecular formula is C10H7F3O3. The second-order valence-electron chi connectivity index (χ2n) is 2.89. The molecule has 1 unspecified atom stereocenters. The number of rotatable bonds is 4. The minimum absolute atomic E-state index is 0.0167. The molecular weight excluding hydrogens is 225 g/mol. The Kier molecular flexibility index (Phi) is 3.65. The summed E-state index contributed by atoms with van der Waals surface area (Å²) < 4.78 is 40.7. The Labute approximate surface area is 88.8 Å². The molecule has 1 aromatic rings. The largest absolute Gasteiger partial charge is 0.454 e. The number of carbonyl (C=O) groups excluding carboxylic acids is 2. The highest BCUT2D eigenvalue weighted by atomic mass is 19.4. The number of hydrogen-bond acceptors (Lipinski definition) is 3. The molecule has 0 saturated heterocycles. The summed E-state index contributed by atoms with van der Waals surface area (Å²) in [5.41, 5.74) is -0.0167. The molecule has 0 radical (unpaired) electrons. The molecule has 6 heteroatoms. The molecule has 0 bridgehead atoms. The van der Waals surface area contributed by atoms with Gasteiger partial charge in [0.05, 0.1) is 0 Å². The van der Waals surface area contributed by atoms with Gasteiger partial charge in [-0.15, -0.1) is 0 Å². The number of carbonyl (C=O) groups is 2. The number of ketones is 1. The molecule has 1 atom stereocenters. The van der Waals surface area contributed by atoms with Crippen molar-refractivity contribution in [3.8, 4) is 0 Å². The van der Waals surface area contributed by atoms with Crippen molar-refractivity contribution in [2.45, 2.75) is 12.3 Å². The van der Waals surface area contributed by atoms with E-state index in [0.29, 0.717) is 0 Å². The summed E-state index contributed by atoms with van der Waals surface area (Å²) in [6, 6.07) is 7.01. The lowest BCUT2D eigenvalue weighted by Crippen LogP contribution is -2.30. The van der Waals surface area contributed by atoms with E-state index in [2.05, 4.69) is 4.74 Å². The zero-order chi connectivity index (χ0) is 12.2. The maximum atomic E-state index is 12.2. The van der Waals surface area contributed by atoms with Crippen LogP contribution in [-0.4, -0.2) is 18.4 Å². The van der Waals surface area contributed by atoms with E-state index in [1.807, 2.05) is 0 Å². The van der Waals surface area contributed by atoms with Crippen LogP contribution in [0.1, 0.15) is 11.7 Å². The van der Waals surface area contributed by atoms with Crippen LogP contribution in [0.5, 0.6) is 0 Å². The molecule has 0 spiro atoms. The normalized spacial score (nSPS) is 12.9. The second-order valence-corrected chi connectivity index (χ2v) is 2.89. The van der Waals surface area contributed by atoms with Gasteiger partial charge in [0.15, 0.2) is 6.10 Å². The lowest BCUT2D eigenvalue weighted by Gasteiger charge is -2.15. The van der Waals surface area contributed by atoms with Crippen LogP contribution in [0.4, 0.5) is 13.2 Å². The lowest BCUT2D eigenvalue weighted by atomic mass is 10.1. The van der Waals surface area contributed by atoms with Crippen molar-refractivity contribution in [2.75, 3.05) is 0 Å². The number of alkyl halides is 3. The van der Waals surface area contributed by atoms with Gasteiger partial charge in [-0.25, -0.2) is 0 Å². The second kappa shape index (κ2) is 4.78. The molecule has 0 aromatic heterocycles. The zero-order valence-corrected chi connectivity index (χ0v) is 7.90. The highest BCUT2D eigenvalue weighted by Crippen LogP contribution is 2.27. The van der Waals surface area contributed by atoms with Gasteiger partial charge in [0.2, 0.25) is 0 Å². The van der Waals surface area contributed by atoms with Gasteiger partial charge in [0.25, 0.3) is 12.3 Å². The van der Waals surface area contributed by atoms with Crippen molar-refractivity contribution in [1.82, 2.24) is 0 Å². The van der Waals surface area contributed by atoms with E-state index in [9.17, 15) is 22.8 Å². The standard InChI is InChI=1S/C10H7F3O3/c11-10(12,13)9(15)8(16-6-14)7-4-2-1-3-5-7/h1-6,8H. The molecule has 1 rings (SSSR count). The van der Waals surface area contributed by atoms with Gasteiger partial charge in [-0.1, -0.05) is 30.3 Å². The number of halogens is 3. The summed E-state index contributed by atoms with van der Waals surface area (Å²) in [7, 11) is 0. The SMILES string of the molecule is O=COC(C(=O)C(F)(F)F)c1ccccc1. The maximum absolute atomic E-state index is 12.2. The minimum atomic E-state index is -5.04.